The predicted octanol–water partition coefficient (Wildman–Crippen LogP) is 2.27. The van der Waals surface area contributed by atoms with E-state index in [4.69, 9.17) is 0 Å². The van der Waals surface area contributed by atoms with Crippen molar-refractivity contribution in [2.24, 2.45) is 5.92 Å². The fourth-order valence-corrected chi connectivity index (χ4v) is 3.38. The van der Waals surface area contributed by atoms with Crippen LogP contribution in [0.25, 0.3) is 0 Å². The number of benzene rings is 1. The number of amides is 2. The van der Waals surface area contributed by atoms with Gasteiger partial charge in [-0.1, -0.05) is 38.1 Å². The first-order valence-electron chi connectivity index (χ1n) is 9.66. The molecule has 1 aromatic rings. The molecule has 26 heavy (non-hydrogen) atoms. The Kier molecular flexibility index (Phi) is 7.64. The molecule has 1 saturated heterocycles. The number of nitrogens with one attached hydrogen (secondary N) is 1. The standard InChI is InChI=1S/C21H33N3O2/c1-16(2)18-7-5-17(6-8-18)9-12-22-20(25)15-24-13-10-19(11-14-24)21(26)23(3)4/h5-8,16,19H,9-15H2,1-4H3,(H,22,25). The first-order chi connectivity index (χ1) is 12.4. The summed E-state index contributed by atoms with van der Waals surface area (Å²) in [5.74, 6) is 0.929. The zero-order valence-corrected chi connectivity index (χ0v) is 16.6. The molecule has 0 unspecified atom stereocenters. The quantitative estimate of drug-likeness (QED) is 0.812. The lowest BCUT2D eigenvalue weighted by Crippen LogP contribution is -2.44. The molecular formula is C21H33N3O2. The molecular weight excluding hydrogens is 326 g/mol. The van der Waals surface area contributed by atoms with Gasteiger partial charge in [0, 0.05) is 26.6 Å². The number of piperidine rings is 1. The minimum Gasteiger partial charge on any atom is -0.355 e. The molecule has 2 amide bonds. The second kappa shape index (κ2) is 9.72. The van der Waals surface area contributed by atoms with E-state index in [0.29, 0.717) is 19.0 Å². The lowest BCUT2D eigenvalue weighted by atomic mass is 9.95. The summed E-state index contributed by atoms with van der Waals surface area (Å²) in [7, 11) is 3.61. The topological polar surface area (TPSA) is 52.7 Å². The number of carbonyl (C=O) groups excluding carboxylic acids is 2. The van der Waals surface area contributed by atoms with Crippen LogP contribution in [0.3, 0.4) is 0 Å². The van der Waals surface area contributed by atoms with Gasteiger partial charge >= 0.3 is 0 Å². The highest BCUT2D eigenvalue weighted by Gasteiger charge is 2.26. The van der Waals surface area contributed by atoms with Crippen molar-refractivity contribution < 1.29 is 9.59 Å². The average molecular weight is 360 g/mol. The summed E-state index contributed by atoms with van der Waals surface area (Å²) in [5, 5.41) is 3.01. The zero-order chi connectivity index (χ0) is 19.1. The summed E-state index contributed by atoms with van der Waals surface area (Å²) in [6, 6.07) is 8.63. The molecule has 1 aliphatic heterocycles. The van der Waals surface area contributed by atoms with E-state index < -0.39 is 0 Å². The van der Waals surface area contributed by atoms with Crippen LogP contribution in [-0.2, 0) is 16.0 Å². The fraction of sp³-hybridized carbons (Fsp3) is 0.619. The molecule has 5 heteroatoms. The van der Waals surface area contributed by atoms with Gasteiger partial charge in [-0.05, 0) is 49.4 Å². The maximum atomic E-state index is 12.1. The highest BCUT2D eigenvalue weighted by molar-refractivity contribution is 5.79. The second-order valence-electron chi connectivity index (χ2n) is 7.78. The Balaban J connectivity index is 1.66. The van der Waals surface area contributed by atoms with E-state index in [1.807, 2.05) is 0 Å². The van der Waals surface area contributed by atoms with Crippen LogP contribution < -0.4 is 5.32 Å². The fourth-order valence-electron chi connectivity index (χ4n) is 3.38. The maximum absolute atomic E-state index is 12.1. The number of nitrogens with zero attached hydrogens (tertiary/aromatic N) is 2. The van der Waals surface area contributed by atoms with Crippen molar-refractivity contribution in [2.45, 2.75) is 39.0 Å². The Morgan fingerprint density at radius 3 is 2.31 bits per heavy atom. The summed E-state index contributed by atoms with van der Waals surface area (Å²) in [6.07, 6.45) is 2.53. The Morgan fingerprint density at radius 1 is 1.15 bits per heavy atom. The maximum Gasteiger partial charge on any atom is 0.234 e. The smallest absolute Gasteiger partial charge is 0.234 e. The van der Waals surface area contributed by atoms with Crippen molar-refractivity contribution in [2.75, 3.05) is 40.3 Å². The van der Waals surface area contributed by atoms with Crippen LogP contribution in [0.4, 0.5) is 0 Å². The molecule has 0 aliphatic carbocycles. The van der Waals surface area contributed by atoms with Gasteiger partial charge in [0.1, 0.15) is 0 Å². The third-order valence-corrected chi connectivity index (χ3v) is 5.13. The van der Waals surface area contributed by atoms with E-state index in [-0.39, 0.29) is 17.7 Å². The van der Waals surface area contributed by atoms with E-state index in [2.05, 4.69) is 48.3 Å². The average Bonchev–Trinajstić information content (AvgIpc) is 2.62. The lowest BCUT2D eigenvalue weighted by Gasteiger charge is -2.31. The SMILES string of the molecule is CC(C)c1ccc(CCNC(=O)CN2CCC(C(=O)N(C)C)CC2)cc1. The molecule has 0 bridgehead atoms. The van der Waals surface area contributed by atoms with Gasteiger partial charge in [-0.3, -0.25) is 14.5 Å². The Hall–Kier alpha value is -1.88. The molecule has 144 valence electrons. The van der Waals surface area contributed by atoms with Gasteiger partial charge in [-0.15, -0.1) is 0 Å². The van der Waals surface area contributed by atoms with E-state index in [1.54, 1.807) is 19.0 Å². The summed E-state index contributed by atoms with van der Waals surface area (Å²) in [4.78, 5) is 27.9. The molecule has 1 aliphatic rings. The van der Waals surface area contributed by atoms with Crippen LogP contribution in [0.5, 0.6) is 0 Å². The first-order valence-corrected chi connectivity index (χ1v) is 9.66. The molecule has 0 aromatic heterocycles. The van der Waals surface area contributed by atoms with Crippen molar-refractivity contribution >= 4 is 11.8 Å². The van der Waals surface area contributed by atoms with Gasteiger partial charge in [0.15, 0.2) is 0 Å². The number of carbonyl (C=O) groups is 2. The molecule has 1 heterocycles. The summed E-state index contributed by atoms with van der Waals surface area (Å²) >= 11 is 0. The van der Waals surface area contributed by atoms with Gasteiger partial charge in [0.05, 0.1) is 6.54 Å². The van der Waals surface area contributed by atoms with Crippen LogP contribution in [0.15, 0.2) is 24.3 Å². The Bertz CT molecular complexity index is 588. The van der Waals surface area contributed by atoms with E-state index in [9.17, 15) is 9.59 Å². The van der Waals surface area contributed by atoms with E-state index in [0.717, 1.165) is 32.4 Å². The van der Waals surface area contributed by atoms with Gasteiger partial charge in [-0.2, -0.15) is 0 Å². The molecule has 5 nitrogen and oxygen atoms in total. The molecule has 0 atom stereocenters. The van der Waals surface area contributed by atoms with Crippen molar-refractivity contribution in [3.05, 3.63) is 35.4 Å². The minimum atomic E-state index is 0.0705. The van der Waals surface area contributed by atoms with Crippen molar-refractivity contribution in [1.82, 2.24) is 15.1 Å². The number of hydrogen-bond donors (Lipinski definition) is 1. The van der Waals surface area contributed by atoms with Crippen LogP contribution in [0.1, 0.15) is 43.7 Å². The third kappa shape index (κ3) is 6.13. The Morgan fingerprint density at radius 2 is 1.77 bits per heavy atom. The monoisotopic (exact) mass is 359 g/mol. The third-order valence-electron chi connectivity index (χ3n) is 5.13. The van der Waals surface area contributed by atoms with Crippen LogP contribution in [-0.4, -0.2) is 61.9 Å². The van der Waals surface area contributed by atoms with Crippen molar-refractivity contribution in [3.8, 4) is 0 Å². The molecule has 0 saturated carbocycles. The summed E-state index contributed by atoms with van der Waals surface area (Å²) in [6.45, 7) is 7.09. The lowest BCUT2D eigenvalue weighted by molar-refractivity contribution is -0.134. The second-order valence-corrected chi connectivity index (χ2v) is 7.78. The summed E-state index contributed by atoms with van der Waals surface area (Å²) < 4.78 is 0. The molecule has 0 radical (unpaired) electrons. The normalized spacial score (nSPS) is 15.9. The molecule has 2 rings (SSSR count). The van der Waals surface area contributed by atoms with Crippen LogP contribution in [0, 0.1) is 5.92 Å². The molecule has 1 aromatic carbocycles. The van der Waals surface area contributed by atoms with Gasteiger partial charge in [0.2, 0.25) is 11.8 Å². The van der Waals surface area contributed by atoms with Crippen molar-refractivity contribution in [3.63, 3.8) is 0 Å². The number of likely N-dealkylation sites (tertiary alicyclic amines) is 1. The van der Waals surface area contributed by atoms with Gasteiger partial charge in [0.25, 0.3) is 0 Å². The molecule has 0 spiro atoms. The highest BCUT2D eigenvalue weighted by Crippen LogP contribution is 2.18. The summed E-state index contributed by atoms with van der Waals surface area (Å²) in [5.41, 5.74) is 2.59. The predicted molar refractivity (Wildman–Crippen MR) is 105 cm³/mol. The van der Waals surface area contributed by atoms with Crippen LogP contribution >= 0.6 is 0 Å². The zero-order valence-electron chi connectivity index (χ0n) is 16.6. The Labute approximate surface area is 157 Å². The van der Waals surface area contributed by atoms with Crippen molar-refractivity contribution in [1.29, 1.82) is 0 Å². The molecule has 1 N–H and O–H groups in total. The van der Waals surface area contributed by atoms with Gasteiger partial charge in [-0.25, -0.2) is 0 Å². The van der Waals surface area contributed by atoms with E-state index >= 15 is 0 Å². The minimum absolute atomic E-state index is 0.0705. The number of hydrogen-bond acceptors (Lipinski definition) is 3. The first kappa shape index (κ1) is 20.4. The highest BCUT2D eigenvalue weighted by atomic mass is 16.2. The molecule has 1 fully saturated rings. The van der Waals surface area contributed by atoms with E-state index in [1.165, 1.54) is 11.1 Å². The number of rotatable bonds is 7. The van der Waals surface area contributed by atoms with Gasteiger partial charge < -0.3 is 10.2 Å². The largest absolute Gasteiger partial charge is 0.355 e. The van der Waals surface area contributed by atoms with Crippen LogP contribution in [0.2, 0.25) is 0 Å².